The van der Waals surface area contributed by atoms with Crippen LogP contribution in [0.15, 0.2) is 42.6 Å². The molecule has 0 saturated heterocycles. The number of likely N-dealkylation sites (N-methyl/N-ethyl adjacent to an activating group) is 1. The van der Waals surface area contributed by atoms with Crippen LogP contribution in [0.4, 0.5) is 11.4 Å². The molecule has 230 valence electrons. The van der Waals surface area contributed by atoms with Gasteiger partial charge < -0.3 is 30.2 Å². The lowest BCUT2D eigenvalue weighted by Crippen LogP contribution is -2.35. The van der Waals surface area contributed by atoms with Gasteiger partial charge >= 0.3 is 0 Å². The van der Waals surface area contributed by atoms with Crippen LogP contribution >= 0.6 is 23.2 Å². The van der Waals surface area contributed by atoms with Crippen LogP contribution in [0.25, 0.3) is 11.1 Å². The number of carbonyl (C=O) groups is 2. The zero-order valence-corrected chi connectivity index (χ0v) is 26.9. The summed E-state index contributed by atoms with van der Waals surface area (Å²) in [7, 11) is 7.16. The summed E-state index contributed by atoms with van der Waals surface area (Å²) < 4.78 is 7.26. The second-order valence-corrected chi connectivity index (χ2v) is 11.9. The molecule has 0 bridgehead atoms. The number of methoxy groups -OCH3 is 1. The molecule has 11 nitrogen and oxygen atoms in total. The van der Waals surface area contributed by atoms with Gasteiger partial charge in [-0.05, 0) is 40.1 Å². The molecule has 0 fully saturated rings. The van der Waals surface area contributed by atoms with Gasteiger partial charge in [-0.3, -0.25) is 14.6 Å². The fourth-order valence-electron chi connectivity index (χ4n) is 5.07. The van der Waals surface area contributed by atoms with Crippen molar-refractivity contribution in [2.24, 2.45) is 7.05 Å². The van der Waals surface area contributed by atoms with Crippen LogP contribution in [0.5, 0.6) is 5.88 Å². The van der Waals surface area contributed by atoms with Gasteiger partial charge in [-0.25, -0.2) is 9.97 Å². The Hall–Kier alpha value is -4.03. The molecule has 0 unspecified atom stereocenters. The Balaban J connectivity index is 1.39. The summed E-state index contributed by atoms with van der Waals surface area (Å²) in [5.41, 5.74) is 3.96. The van der Waals surface area contributed by atoms with E-state index in [1.807, 2.05) is 32.5 Å². The van der Waals surface area contributed by atoms with Crippen molar-refractivity contribution < 1.29 is 14.3 Å². The number of imidazole rings is 1. The molecule has 0 aliphatic carbocycles. The fourth-order valence-corrected chi connectivity index (χ4v) is 5.62. The smallest absolute Gasteiger partial charge is 0.291 e. The molecule has 13 heteroatoms. The highest BCUT2D eigenvalue weighted by molar-refractivity contribution is 6.40. The number of nitrogens with zero attached hydrogens (tertiary/aromatic N) is 5. The molecule has 1 aliphatic rings. The number of hydrogen-bond donors (Lipinski definition) is 3. The number of benzene rings is 2. The number of anilines is 2. The molecule has 5 rings (SSSR count). The number of rotatable bonds is 8. The van der Waals surface area contributed by atoms with Gasteiger partial charge in [0.25, 0.3) is 11.8 Å². The van der Waals surface area contributed by atoms with Gasteiger partial charge in [0.15, 0.2) is 11.5 Å². The minimum absolute atomic E-state index is 0.0596. The first-order valence-corrected chi connectivity index (χ1v) is 14.7. The van der Waals surface area contributed by atoms with E-state index in [1.54, 1.807) is 43.4 Å². The molecule has 4 aromatic rings. The first kappa shape index (κ1) is 31.4. The summed E-state index contributed by atoms with van der Waals surface area (Å²) in [5, 5.41) is 9.42. The van der Waals surface area contributed by atoms with Crippen molar-refractivity contribution >= 4 is 46.4 Å². The summed E-state index contributed by atoms with van der Waals surface area (Å²) in [6.07, 6.45) is 2.22. The van der Waals surface area contributed by atoms with Crippen molar-refractivity contribution in [1.29, 1.82) is 0 Å². The lowest BCUT2D eigenvalue weighted by molar-refractivity contribution is 0.100. The second-order valence-electron chi connectivity index (χ2n) is 11.1. The van der Waals surface area contributed by atoms with Crippen LogP contribution in [0.1, 0.15) is 52.0 Å². The number of carbonyl (C=O) groups excluding carboxylic acids is 2. The minimum Gasteiger partial charge on any atom is -0.480 e. The van der Waals surface area contributed by atoms with Crippen LogP contribution in [-0.2, 0) is 25.6 Å². The zero-order valence-electron chi connectivity index (χ0n) is 25.4. The third-order valence-electron chi connectivity index (χ3n) is 7.82. The number of ether oxygens (including phenoxy) is 1. The van der Waals surface area contributed by atoms with Gasteiger partial charge in [0.2, 0.25) is 5.88 Å². The fraction of sp³-hybridized carbons (Fsp3) is 0.323. The Morgan fingerprint density at radius 3 is 2.16 bits per heavy atom. The van der Waals surface area contributed by atoms with E-state index in [-0.39, 0.29) is 22.5 Å². The van der Waals surface area contributed by atoms with Gasteiger partial charge in [0.05, 0.1) is 46.0 Å². The lowest BCUT2D eigenvalue weighted by atomic mass is 10.0. The Kier molecular flexibility index (Phi) is 8.94. The van der Waals surface area contributed by atoms with Crippen molar-refractivity contribution in [2.75, 3.05) is 38.4 Å². The van der Waals surface area contributed by atoms with E-state index in [1.165, 1.54) is 13.3 Å². The van der Waals surface area contributed by atoms with Crippen molar-refractivity contribution in [2.45, 2.75) is 32.4 Å². The topological polar surface area (TPSA) is 126 Å². The monoisotopic (exact) mass is 636 g/mol. The van der Waals surface area contributed by atoms with Crippen LogP contribution in [0, 0.1) is 0 Å². The quantitative estimate of drug-likeness (QED) is 0.243. The molecule has 0 spiro atoms. The van der Waals surface area contributed by atoms with Crippen molar-refractivity contribution in [3.8, 4) is 17.0 Å². The van der Waals surface area contributed by atoms with E-state index in [9.17, 15) is 9.59 Å². The molecule has 3 heterocycles. The Morgan fingerprint density at radius 2 is 1.57 bits per heavy atom. The average molecular weight is 638 g/mol. The van der Waals surface area contributed by atoms with E-state index in [2.05, 4.69) is 35.8 Å². The maximum absolute atomic E-state index is 13.3. The van der Waals surface area contributed by atoms with E-state index in [4.69, 9.17) is 27.9 Å². The molecular weight excluding hydrogens is 603 g/mol. The predicted octanol–water partition coefficient (Wildman–Crippen LogP) is 5.14. The van der Waals surface area contributed by atoms with Crippen molar-refractivity contribution in [3.63, 3.8) is 0 Å². The Morgan fingerprint density at radius 1 is 0.955 bits per heavy atom. The largest absolute Gasteiger partial charge is 0.480 e. The summed E-state index contributed by atoms with van der Waals surface area (Å²) in [5.74, 6) is -0.326. The molecule has 2 amide bonds. The first-order chi connectivity index (χ1) is 20.9. The highest BCUT2D eigenvalue weighted by Crippen LogP contribution is 2.40. The summed E-state index contributed by atoms with van der Waals surface area (Å²) in [6, 6.07) is 10.5. The van der Waals surface area contributed by atoms with E-state index < -0.39 is 11.4 Å². The molecule has 1 aliphatic heterocycles. The van der Waals surface area contributed by atoms with E-state index >= 15 is 0 Å². The van der Waals surface area contributed by atoms with Crippen LogP contribution in [-0.4, -0.2) is 64.0 Å². The molecule has 2 aromatic heterocycles. The van der Waals surface area contributed by atoms with Crippen molar-refractivity contribution in [3.05, 3.63) is 81.2 Å². The predicted molar refractivity (Wildman–Crippen MR) is 172 cm³/mol. The molecule has 3 N–H and O–H groups in total. The molecule has 2 aromatic carbocycles. The Labute approximate surface area is 266 Å². The molecule has 0 radical (unpaired) electrons. The summed E-state index contributed by atoms with van der Waals surface area (Å²) in [4.78, 5) is 42.0. The number of hydrogen-bond acceptors (Lipinski definition) is 8. The number of nitrogens with one attached hydrogen (secondary N) is 3. The summed E-state index contributed by atoms with van der Waals surface area (Å²) >= 11 is 13.6. The number of amides is 2. The maximum Gasteiger partial charge on any atom is 0.291 e. The van der Waals surface area contributed by atoms with E-state index in [0.29, 0.717) is 45.6 Å². The standard InChI is InChI=1S/C31H34Cl2N8O3/c1-31(2,34-3)26-30(44-6)39-21(15-35-26)28(42)37-19-11-7-9-17(24(19)32)18-10-8-12-20(25(18)33)38-29(43)27-36-22-16-40(4)14-13-23(22)41(27)5/h7-12,15,34H,13-14,16H2,1-6H3,(H,37,42)(H,38,43). The molecule has 0 atom stereocenters. The molecular formula is C31H34Cl2N8O3. The van der Waals surface area contributed by atoms with Crippen LogP contribution in [0.2, 0.25) is 10.0 Å². The number of fused-ring (bicyclic) bond motifs is 1. The minimum atomic E-state index is -0.522. The average Bonchev–Trinajstić information content (AvgIpc) is 3.34. The second kappa shape index (κ2) is 12.5. The van der Waals surface area contributed by atoms with Crippen LogP contribution in [0.3, 0.4) is 0 Å². The van der Waals surface area contributed by atoms with Crippen molar-refractivity contribution in [1.82, 2.24) is 29.7 Å². The van der Waals surface area contributed by atoms with Gasteiger partial charge in [-0.15, -0.1) is 0 Å². The first-order valence-electron chi connectivity index (χ1n) is 14.0. The molecule has 44 heavy (non-hydrogen) atoms. The maximum atomic E-state index is 13.3. The normalized spacial score (nSPS) is 13.4. The van der Waals surface area contributed by atoms with Gasteiger partial charge in [-0.2, -0.15) is 0 Å². The highest BCUT2D eigenvalue weighted by atomic mass is 35.5. The SMILES string of the molecule is CNC(C)(C)c1ncc(C(=O)Nc2cccc(-c3cccc(NC(=O)c4nc5c(n4C)CCN(C)C5)c3Cl)c2Cl)nc1OC. The Bertz CT molecular complexity index is 1750. The van der Waals surface area contributed by atoms with Gasteiger partial charge in [0.1, 0.15) is 5.69 Å². The number of aromatic nitrogens is 4. The summed E-state index contributed by atoms with van der Waals surface area (Å²) in [6.45, 7) is 5.46. The van der Waals surface area contributed by atoms with E-state index in [0.717, 1.165) is 24.4 Å². The molecule has 0 saturated carbocycles. The number of halogens is 2. The highest BCUT2D eigenvalue weighted by Gasteiger charge is 2.27. The van der Waals surface area contributed by atoms with Gasteiger partial charge in [-0.1, -0.05) is 47.5 Å². The third kappa shape index (κ3) is 6.00. The lowest BCUT2D eigenvalue weighted by Gasteiger charge is -2.24. The van der Waals surface area contributed by atoms with Crippen LogP contribution < -0.4 is 20.7 Å². The van der Waals surface area contributed by atoms with Gasteiger partial charge in [0, 0.05) is 43.4 Å². The third-order valence-corrected chi connectivity index (χ3v) is 8.63. The zero-order chi connectivity index (χ0) is 31.8.